The van der Waals surface area contributed by atoms with Crippen molar-refractivity contribution < 1.29 is 8.42 Å². The number of benzene rings is 1. The standard InChI is InChI=1S/C14H23ClN2O2S/c1-4-9-17(10-5-2)20(18,19)16-12(3)13-7-6-8-14(15)11-13/h6-8,11-12,16H,4-5,9-10H2,1-3H3. The number of rotatable bonds is 8. The molecule has 0 bridgehead atoms. The molecule has 1 N–H and O–H groups in total. The molecule has 1 rings (SSSR count). The molecule has 0 spiro atoms. The predicted molar refractivity (Wildman–Crippen MR) is 84.1 cm³/mol. The van der Waals surface area contributed by atoms with Crippen LogP contribution in [0.25, 0.3) is 0 Å². The van der Waals surface area contributed by atoms with Crippen LogP contribution in [-0.2, 0) is 10.2 Å². The highest BCUT2D eigenvalue weighted by Gasteiger charge is 2.23. The minimum Gasteiger partial charge on any atom is -0.195 e. The summed E-state index contributed by atoms with van der Waals surface area (Å²) in [5.41, 5.74) is 0.856. The molecular weight excluding hydrogens is 296 g/mol. The molecule has 0 amide bonds. The fourth-order valence-corrected chi connectivity index (χ4v) is 3.77. The molecule has 0 aromatic heterocycles. The normalized spacial score (nSPS) is 13.7. The highest BCUT2D eigenvalue weighted by molar-refractivity contribution is 7.87. The Kier molecular flexibility index (Phi) is 6.95. The maximum absolute atomic E-state index is 12.4. The van der Waals surface area contributed by atoms with Gasteiger partial charge in [0, 0.05) is 24.2 Å². The first-order chi connectivity index (χ1) is 9.40. The zero-order valence-electron chi connectivity index (χ0n) is 12.3. The van der Waals surface area contributed by atoms with Gasteiger partial charge in [0.1, 0.15) is 0 Å². The summed E-state index contributed by atoms with van der Waals surface area (Å²) in [5.74, 6) is 0. The van der Waals surface area contributed by atoms with Crippen molar-refractivity contribution >= 4 is 21.8 Å². The number of halogens is 1. The molecule has 0 saturated carbocycles. The minimum atomic E-state index is -3.47. The molecule has 0 aliphatic heterocycles. The molecule has 1 aromatic rings. The summed E-state index contributed by atoms with van der Waals surface area (Å²) < 4.78 is 28.9. The average Bonchev–Trinajstić information content (AvgIpc) is 2.38. The van der Waals surface area contributed by atoms with Gasteiger partial charge < -0.3 is 0 Å². The molecular formula is C14H23ClN2O2S. The Morgan fingerprint density at radius 1 is 1.25 bits per heavy atom. The SMILES string of the molecule is CCCN(CCC)S(=O)(=O)NC(C)c1cccc(Cl)c1. The van der Waals surface area contributed by atoms with Crippen molar-refractivity contribution in [1.29, 1.82) is 0 Å². The monoisotopic (exact) mass is 318 g/mol. The van der Waals surface area contributed by atoms with Crippen LogP contribution in [0.15, 0.2) is 24.3 Å². The Morgan fingerprint density at radius 2 is 1.85 bits per heavy atom. The quantitative estimate of drug-likeness (QED) is 0.799. The van der Waals surface area contributed by atoms with Gasteiger partial charge in [-0.1, -0.05) is 37.6 Å². The number of nitrogens with one attached hydrogen (secondary N) is 1. The van der Waals surface area contributed by atoms with Crippen LogP contribution in [0, 0.1) is 0 Å². The number of nitrogens with zero attached hydrogens (tertiary/aromatic N) is 1. The summed E-state index contributed by atoms with van der Waals surface area (Å²) in [6.07, 6.45) is 1.60. The molecule has 6 heteroatoms. The number of hydrogen-bond acceptors (Lipinski definition) is 2. The van der Waals surface area contributed by atoms with Crippen molar-refractivity contribution in [2.24, 2.45) is 0 Å². The van der Waals surface area contributed by atoms with Gasteiger partial charge >= 0.3 is 0 Å². The molecule has 0 heterocycles. The zero-order chi connectivity index (χ0) is 15.2. The molecule has 0 saturated heterocycles. The van der Waals surface area contributed by atoms with E-state index in [1.807, 2.05) is 32.9 Å². The fourth-order valence-electron chi connectivity index (χ4n) is 1.99. The van der Waals surface area contributed by atoms with Gasteiger partial charge in [-0.05, 0) is 37.5 Å². The second kappa shape index (κ2) is 7.98. The van der Waals surface area contributed by atoms with Crippen molar-refractivity contribution in [3.63, 3.8) is 0 Å². The van der Waals surface area contributed by atoms with Crippen LogP contribution in [-0.4, -0.2) is 25.8 Å². The molecule has 4 nitrogen and oxygen atoms in total. The van der Waals surface area contributed by atoms with Gasteiger partial charge in [-0.3, -0.25) is 0 Å². The van der Waals surface area contributed by atoms with Gasteiger partial charge in [0.05, 0.1) is 0 Å². The van der Waals surface area contributed by atoms with Crippen LogP contribution in [0.2, 0.25) is 5.02 Å². The lowest BCUT2D eigenvalue weighted by Gasteiger charge is -2.24. The first-order valence-electron chi connectivity index (χ1n) is 6.93. The van der Waals surface area contributed by atoms with Gasteiger partial charge in [-0.15, -0.1) is 0 Å². The maximum atomic E-state index is 12.4. The van der Waals surface area contributed by atoms with Crippen molar-refractivity contribution in [3.8, 4) is 0 Å². The topological polar surface area (TPSA) is 49.4 Å². The smallest absolute Gasteiger partial charge is 0.195 e. The molecule has 20 heavy (non-hydrogen) atoms. The van der Waals surface area contributed by atoms with E-state index in [2.05, 4.69) is 4.72 Å². The molecule has 1 atom stereocenters. The lowest BCUT2D eigenvalue weighted by Crippen LogP contribution is -2.42. The second-order valence-corrected chi connectivity index (χ2v) is 6.94. The van der Waals surface area contributed by atoms with E-state index in [-0.39, 0.29) is 6.04 Å². The Morgan fingerprint density at radius 3 is 2.35 bits per heavy atom. The Hall–Kier alpha value is -0.620. The van der Waals surface area contributed by atoms with E-state index in [1.54, 1.807) is 12.1 Å². The van der Waals surface area contributed by atoms with Crippen LogP contribution >= 0.6 is 11.6 Å². The van der Waals surface area contributed by atoms with Gasteiger partial charge in [0.25, 0.3) is 10.2 Å². The second-order valence-electron chi connectivity index (χ2n) is 4.80. The van der Waals surface area contributed by atoms with Crippen LogP contribution in [0.1, 0.15) is 45.2 Å². The van der Waals surface area contributed by atoms with Crippen LogP contribution in [0.4, 0.5) is 0 Å². The van der Waals surface area contributed by atoms with E-state index in [1.165, 1.54) is 4.31 Å². The molecule has 1 aromatic carbocycles. The zero-order valence-corrected chi connectivity index (χ0v) is 13.8. The summed E-state index contributed by atoms with van der Waals surface area (Å²) in [6.45, 7) is 6.83. The third-order valence-electron chi connectivity index (χ3n) is 2.96. The summed E-state index contributed by atoms with van der Waals surface area (Å²) >= 11 is 5.93. The Labute approximate surface area is 127 Å². The first kappa shape index (κ1) is 17.4. The number of hydrogen-bond donors (Lipinski definition) is 1. The van der Waals surface area contributed by atoms with Gasteiger partial charge in [0.2, 0.25) is 0 Å². The van der Waals surface area contributed by atoms with Crippen molar-refractivity contribution in [2.45, 2.75) is 39.7 Å². The van der Waals surface area contributed by atoms with E-state index in [9.17, 15) is 8.42 Å². The predicted octanol–water partition coefficient (Wildman–Crippen LogP) is 3.36. The Bertz CT molecular complexity index is 514. The fraction of sp³-hybridized carbons (Fsp3) is 0.571. The third-order valence-corrected chi connectivity index (χ3v) is 4.89. The summed E-state index contributed by atoms with van der Waals surface area (Å²) in [5, 5.41) is 0.604. The van der Waals surface area contributed by atoms with E-state index < -0.39 is 10.2 Å². The largest absolute Gasteiger partial charge is 0.279 e. The maximum Gasteiger partial charge on any atom is 0.279 e. The van der Waals surface area contributed by atoms with E-state index in [4.69, 9.17) is 11.6 Å². The Balaban J connectivity index is 2.83. The van der Waals surface area contributed by atoms with Crippen molar-refractivity contribution in [1.82, 2.24) is 9.03 Å². The summed E-state index contributed by atoms with van der Waals surface area (Å²) in [7, 11) is -3.47. The van der Waals surface area contributed by atoms with E-state index in [0.717, 1.165) is 18.4 Å². The highest BCUT2D eigenvalue weighted by atomic mass is 35.5. The van der Waals surface area contributed by atoms with Gasteiger partial charge in [-0.2, -0.15) is 17.4 Å². The van der Waals surface area contributed by atoms with Crippen molar-refractivity contribution in [2.75, 3.05) is 13.1 Å². The van der Waals surface area contributed by atoms with Gasteiger partial charge in [0.15, 0.2) is 0 Å². The molecule has 0 radical (unpaired) electrons. The summed E-state index contributed by atoms with van der Waals surface area (Å²) in [6, 6.07) is 6.92. The molecule has 0 fully saturated rings. The third kappa shape index (κ3) is 5.05. The lowest BCUT2D eigenvalue weighted by atomic mass is 10.1. The van der Waals surface area contributed by atoms with E-state index in [0.29, 0.717) is 18.1 Å². The van der Waals surface area contributed by atoms with Crippen LogP contribution in [0.5, 0.6) is 0 Å². The highest BCUT2D eigenvalue weighted by Crippen LogP contribution is 2.18. The van der Waals surface area contributed by atoms with Crippen LogP contribution in [0.3, 0.4) is 0 Å². The van der Waals surface area contributed by atoms with Gasteiger partial charge in [-0.25, -0.2) is 0 Å². The lowest BCUT2D eigenvalue weighted by molar-refractivity contribution is 0.397. The molecule has 1 unspecified atom stereocenters. The van der Waals surface area contributed by atoms with E-state index >= 15 is 0 Å². The molecule has 0 aliphatic carbocycles. The van der Waals surface area contributed by atoms with Crippen molar-refractivity contribution in [3.05, 3.63) is 34.9 Å². The molecule has 0 aliphatic rings. The minimum absolute atomic E-state index is 0.310. The molecule has 114 valence electrons. The average molecular weight is 319 g/mol. The summed E-state index contributed by atoms with van der Waals surface area (Å²) in [4.78, 5) is 0. The van der Waals surface area contributed by atoms with Crippen LogP contribution < -0.4 is 4.72 Å². The first-order valence-corrected chi connectivity index (χ1v) is 8.75.